The molecule has 0 saturated carbocycles. The largest absolute Gasteiger partial charge is 0.543 e. The highest BCUT2D eigenvalue weighted by molar-refractivity contribution is 6.74. The molecule has 1 N–H and O–H groups in total. The highest BCUT2D eigenvalue weighted by Gasteiger charge is 2.39. The SMILES string of the molecule is C=CCc1cccc(O[Si](C)(C)C(C)(C)C)c1CO. The van der Waals surface area contributed by atoms with Crippen LogP contribution < -0.4 is 4.43 Å². The molecule has 0 saturated heterocycles. The molecule has 106 valence electrons. The monoisotopic (exact) mass is 278 g/mol. The molecule has 0 atom stereocenters. The van der Waals surface area contributed by atoms with Crippen LogP contribution in [-0.2, 0) is 13.0 Å². The maximum Gasteiger partial charge on any atom is 0.250 e. The second-order valence-corrected chi connectivity index (χ2v) is 11.1. The Balaban J connectivity index is 3.14. The maximum atomic E-state index is 9.63. The molecule has 1 aromatic carbocycles. The summed E-state index contributed by atoms with van der Waals surface area (Å²) < 4.78 is 6.32. The highest BCUT2D eigenvalue weighted by Crippen LogP contribution is 2.38. The second kappa shape index (κ2) is 5.93. The molecule has 0 fully saturated rings. The van der Waals surface area contributed by atoms with Gasteiger partial charge >= 0.3 is 0 Å². The standard InChI is InChI=1S/C16H26O2Si/c1-7-9-13-10-8-11-15(14(13)12-17)18-19(5,6)16(2,3)4/h7-8,10-11,17H,1,9,12H2,2-6H3. The van der Waals surface area contributed by atoms with Crippen LogP contribution in [0, 0.1) is 0 Å². The number of benzene rings is 1. The number of aliphatic hydroxyl groups excluding tert-OH is 1. The lowest BCUT2D eigenvalue weighted by Crippen LogP contribution is -2.44. The average molecular weight is 278 g/mol. The van der Waals surface area contributed by atoms with E-state index in [0.717, 1.165) is 23.3 Å². The van der Waals surface area contributed by atoms with E-state index in [9.17, 15) is 5.11 Å². The summed E-state index contributed by atoms with van der Waals surface area (Å²) >= 11 is 0. The Kier molecular flexibility index (Phi) is 4.99. The van der Waals surface area contributed by atoms with Gasteiger partial charge in [0.2, 0.25) is 8.32 Å². The smallest absolute Gasteiger partial charge is 0.250 e. The second-order valence-electron chi connectivity index (χ2n) is 6.41. The minimum atomic E-state index is -1.88. The van der Waals surface area contributed by atoms with E-state index < -0.39 is 8.32 Å². The molecule has 0 aliphatic heterocycles. The van der Waals surface area contributed by atoms with E-state index in [0.29, 0.717) is 0 Å². The minimum absolute atomic E-state index is 0.00791. The molecule has 19 heavy (non-hydrogen) atoms. The van der Waals surface area contributed by atoms with E-state index >= 15 is 0 Å². The Labute approximate surface area is 118 Å². The van der Waals surface area contributed by atoms with E-state index in [-0.39, 0.29) is 11.6 Å². The molecule has 2 nitrogen and oxygen atoms in total. The zero-order valence-corrected chi connectivity index (χ0v) is 13.8. The summed E-state index contributed by atoms with van der Waals surface area (Å²) in [6.45, 7) is 14.8. The Morgan fingerprint density at radius 2 is 1.95 bits per heavy atom. The van der Waals surface area contributed by atoms with Crippen LogP contribution in [-0.4, -0.2) is 13.4 Å². The van der Waals surface area contributed by atoms with Crippen LogP contribution in [0.4, 0.5) is 0 Å². The fourth-order valence-corrected chi connectivity index (χ4v) is 2.71. The Bertz CT molecular complexity index is 445. The molecule has 0 amide bonds. The molecular weight excluding hydrogens is 252 g/mol. The van der Waals surface area contributed by atoms with Crippen molar-refractivity contribution in [2.24, 2.45) is 0 Å². The molecule has 0 aromatic heterocycles. The van der Waals surface area contributed by atoms with Gasteiger partial charge in [0, 0.05) is 5.56 Å². The fraction of sp³-hybridized carbons (Fsp3) is 0.500. The highest BCUT2D eigenvalue weighted by atomic mass is 28.4. The van der Waals surface area contributed by atoms with E-state index in [1.54, 1.807) is 0 Å². The van der Waals surface area contributed by atoms with E-state index in [1.807, 2.05) is 24.3 Å². The minimum Gasteiger partial charge on any atom is -0.543 e. The fourth-order valence-electron chi connectivity index (χ4n) is 1.66. The van der Waals surface area contributed by atoms with Crippen LogP contribution in [0.25, 0.3) is 0 Å². The summed E-state index contributed by atoms with van der Waals surface area (Å²) in [6, 6.07) is 5.96. The first-order valence-electron chi connectivity index (χ1n) is 6.74. The Morgan fingerprint density at radius 3 is 2.42 bits per heavy atom. The summed E-state index contributed by atoms with van der Waals surface area (Å²) in [5.74, 6) is 0.827. The van der Waals surface area contributed by atoms with Gasteiger partial charge in [-0.05, 0) is 36.2 Å². The summed E-state index contributed by atoms with van der Waals surface area (Å²) in [6.07, 6.45) is 2.61. The molecular formula is C16H26O2Si. The molecule has 0 aliphatic rings. The van der Waals surface area contributed by atoms with Gasteiger partial charge < -0.3 is 9.53 Å². The van der Waals surface area contributed by atoms with Gasteiger partial charge in [-0.2, -0.15) is 0 Å². The number of rotatable bonds is 5. The predicted octanol–water partition coefficient (Wildman–Crippen LogP) is 4.29. The van der Waals surface area contributed by atoms with Crippen LogP contribution in [0.3, 0.4) is 0 Å². The number of hydrogen-bond donors (Lipinski definition) is 1. The van der Waals surface area contributed by atoms with E-state index in [1.165, 1.54) is 0 Å². The van der Waals surface area contributed by atoms with Crippen molar-refractivity contribution < 1.29 is 9.53 Å². The number of aliphatic hydroxyl groups is 1. The van der Waals surface area contributed by atoms with Gasteiger partial charge in [-0.15, -0.1) is 6.58 Å². The lowest BCUT2D eigenvalue weighted by atomic mass is 10.0. The van der Waals surface area contributed by atoms with Crippen LogP contribution in [0.1, 0.15) is 31.9 Å². The molecule has 0 spiro atoms. The van der Waals surface area contributed by atoms with Crippen molar-refractivity contribution in [2.45, 2.75) is 51.9 Å². The van der Waals surface area contributed by atoms with Crippen molar-refractivity contribution in [3.63, 3.8) is 0 Å². The van der Waals surface area contributed by atoms with Crippen molar-refractivity contribution >= 4 is 8.32 Å². The first kappa shape index (κ1) is 16.0. The topological polar surface area (TPSA) is 29.5 Å². The molecule has 0 bridgehead atoms. The third-order valence-electron chi connectivity index (χ3n) is 3.92. The van der Waals surface area contributed by atoms with Gasteiger partial charge in [-0.1, -0.05) is 39.0 Å². The quantitative estimate of drug-likeness (QED) is 0.643. The molecule has 3 heteroatoms. The first-order chi connectivity index (χ1) is 8.73. The van der Waals surface area contributed by atoms with Gasteiger partial charge in [-0.3, -0.25) is 0 Å². The van der Waals surface area contributed by atoms with Crippen LogP contribution >= 0.6 is 0 Å². The Morgan fingerprint density at radius 1 is 1.32 bits per heavy atom. The van der Waals surface area contributed by atoms with Crippen molar-refractivity contribution in [1.29, 1.82) is 0 Å². The van der Waals surface area contributed by atoms with Crippen LogP contribution in [0.15, 0.2) is 30.9 Å². The molecule has 0 heterocycles. The van der Waals surface area contributed by atoms with Gasteiger partial charge in [0.05, 0.1) is 6.61 Å². The van der Waals surface area contributed by atoms with Crippen LogP contribution in [0.5, 0.6) is 5.75 Å². The summed E-state index contributed by atoms with van der Waals surface area (Å²) in [5, 5.41) is 9.77. The van der Waals surface area contributed by atoms with E-state index in [2.05, 4.69) is 40.4 Å². The summed E-state index contributed by atoms with van der Waals surface area (Å²) in [4.78, 5) is 0. The summed E-state index contributed by atoms with van der Waals surface area (Å²) in [7, 11) is -1.88. The zero-order valence-electron chi connectivity index (χ0n) is 12.8. The molecule has 0 unspecified atom stereocenters. The third kappa shape index (κ3) is 3.70. The average Bonchev–Trinajstić information content (AvgIpc) is 2.28. The maximum absolute atomic E-state index is 9.63. The van der Waals surface area contributed by atoms with Crippen molar-refractivity contribution in [2.75, 3.05) is 0 Å². The van der Waals surface area contributed by atoms with Crippen LogP contribution in [0.2, 0.25) is 18.1 Å². The van der Waals surface area contributed by atoms with Gasteiger partial charge in [-0.25, -0.2) is 0 Å². The molecule has 1 aromatic rings. The normalized spacial score (nSPS) is 12.3. The number of allylic oxidation sites excluding steroid dienone is 1. The molecule has 0 aliphatic carbocycles. The lowest BCUT2D eigenvalue weighted by Gasteiger charge is -2.37. The zero-order chi connectivity index (χ0) is 14.7. The first-order valence-corrected chi connectivity index (χ1v) is 9.65. The third-order valence-corrected chi connectivity index (χ3v) is 8.27. The molecule has 1 rings (SSSR count). The molecule has 0 radical (unpaired) electrons. The van der Waals surface area contributed by atoms with Crippen molar-refractivity contribution in [3.8, 4) is 5.75 Å². The van der Waals surface area contributed by atoms with Gasteiger partial charge in [0.25, 0.3) is 0 Å². The summed E-state index contributed by atoms with van der Waals surface area (Å²) in [5.41, 5.74) is 1.99. The van der Waals surface area contributed by atoms with E-state index in [4.69, 9.17) is 4.43 Å². The Hall–Kier alpha value is -1.06. The van der Waals surface area contributed by atoms with Gasteiger partial charge in [0.1, 0.15) is 5.75 Å². The van der Waals surface area contributed by atoms with Crippen molar-refractivity contribution in [3.05, 3.63) is 42.0 Å². The van der Waals surface area contributed by atoms with Gasteiger partial charge in [0.15, 0.2) is 0 Å². The number of hydrogen-bond acceptors (Lipinski definition) is 2. The van der Waals surface area contributed by atoms with Crippen molar-refractivity contribution in [1.82, 2.24) is 0 Å². The lowest BCUT2D eigenvalue weighted by molar-refractivity contribution is 0.276. The predicted molar refractivity (Wildman–Crippen MR) is 84.1 cm³/mol.